The van der Waals surface area contributed by atoms with Crippen LogP contribution in [0.15, 0.2) is 157 Å². The zero-order valence-corrected chi connectivity index (χ0v) is 36.2. The predicted molar refractivity (Wildman–Crippen MR) is 237 cm³/mol. The van der Waals surface area contributed by atoms with E-state index in [0.717, 1.165) is 53.6 Å². The second-order valence-electron chi connectivity index (χ2n) is 16.0. The first-order valence-corrected chi connectivity index (χ1v) is 24.6. The molecule has 0 amide bonds. The van der Waals surface area contributed by atoms with Gasteiger partial charge in [0.15, 0.2) is 0 Å². The number of aromatic amines is 1. The van der Waals surface area contributed by atoms with Gasteiger partial charge in [0.1, 0.15) is 37.5 Å². The number of imidazole rings is 1. The molecule has 5 aromatic carbocycles. The summed E-state index contributed by atoms with van der Waals surface area (Å²) in [7, 11) is -0.301. The summed E-state index contributed by atoms with van der Waals surface area (Å²) in [5, 5.41) is 2.80. The van der Waals surface area contributed by atoms with Crippen molar-refractivity contribution in [3.05, 3.63) is 179 Å². The van der Waals surface area contributed by atoms with Crippen LogP contribution in [0.4, 0.5) is 0 Å². The molecule has 4 heterocycles. The Labute approximate surface area is 354 Å². The third-order valence-electron chi connectivity index (χ3n) is 12.6. The molecular formula is C48H52N3O7PSi. The van der Waals surface area contributed by atoms with E-state index in [-0.39, 0.29) is 24.4 Å². The Hall–Kier alpha value is -4.84. The zero-order chi connectivity index (χ0) is 41.1. The van der Waals surface area contributed by atoms with Crippen molar-refractivity contribution in [1.82, 2.24) is 14.2 Å². The lowest BCUT2D eigenvalue weighted by molar-refractivity contribution is -0.0917. The summed E-state index contributed by atoms with van der Waals surface area (Å²) >= 11 is 0. The van der Waals surface area contributed by atoms with Gasteiger partial charge in [-0.15, -0.1) is 0 Å². The van der Waals surface area contributed by atoms with Crippen molar-refractivity contribution >= 4 is 27.0 Å². The van der Waals surface area contributed by atoms with Crippen molar-refractivity contribution in [2.24, 2.45) is 0 Å². The molecule has 3 aliphatic heterocycles. The first kappa shape index (κ1) is 40.6. The first-order chi connectivity index (χ1) is 29.4. The summed E-state index contributed by atoms with van der Waals surface area (Å²) < 4.78 is 43.7. The third-order valence-corrected chi connectivity index (χ3v) is 18.8. The average Bonchev–Trinajstić information content (AvgIpc) is 4.12. The Bertz CT molecular complexity index is 2280. The number of H-pyrrole nitrogens is 1. The van der Waals surface area contributed by atoms with E-state index in [1.165, 1.54) is 10.4 Å². The molecular weight excluding hydrogens is 790 g/mol. The minimum Gasteiger partial charge on any atom is -0.497 e. The van der Waals surface area contributed by atoms with Gasteiger partial charge in [-0.3, -0.25) is 4.57 Å². The van der Waals surface area contributed by atoms with Gasteiger partial charge < -0.3 is 33.0 Å². The van der Waals surface area contributed by atoms with Gasteiger partial charge in [-0.25, -0.2) is 9.46 Å². The number of aromatic nitrogens is 2. The molecule has 1 aromatic heterocycles. The highest BCUT2D eigenvalue weighted by molar-refractivity contribution is 7.45. The normalized spacial score (nSPS) is 23.1. The molecule has 60 heavy (non-hydrogen) atoms. The molecule has 0 unspecified atom stereocenters. The lowest BCUT2D eigenvalue weighted by Gasteiger charge is -2.37. The minimum absolute atomic E-state index is 0.0201. The van der Waals surface area contributed by atoms with Gasteiger partial charge in [-0.05, 0) is 59.8 Å². The molecule has 0 spiro atoms. The van der Waals surface area contributed by atoms with Crippen LogP contribution in [0.25, 0.3) is 0 Å². The lowest BCUT2D eigenvalue weighted by atomic mass is 9.80. The van der Waals surface area contributed by atoms with Crippen molar-refractivity contribution in [2.45, 2.75) is 68.0 Å². The maximum Gasteiger partial charge on any atom is 0.327 e. The van der Waals surface area contributed by atoms with Gasteiger partial charge in [-0.2, -0.15) is 0 Å². The molecule has 310 valence electrons. The summed E-state index contributed by atoms with van der Waals surface area (Å²) in [4.78, 5) is 15.8. The fraction of sp³-hybridized carbons (Fsp3) is 0.312. The van der Waals surface area contributed by atoms with Crippen LogP contribution in [0, 0.1) is 0 Å². The van der Waals surface area contributed by atoms with E-state index >= 15 is 0 Å². The highest BCUT2D eigenvalue weighted by atomic mass is 31.2. The number of benzene rings is 5. The van der Waals surface area contributed by atoms with Gasteiger partial charge >= 0.3 is 5.69 Å². The third kappa shape index (κ3) is 7.80. The largest absolute Gasteiger partial charge is 0.497 e. The van der Waals surface area contributed by atoms with Crippen molar-refractivity contribution in [3.8, 4) is 11.5 Å². The second kappa shape index (κ2) is 17.6. The SMILES string of the molecule is COc1ccc(C(OC[C@H]2O[C@@H](n3cc[nH]c3=O)C[C@@H]2O[P@]2O[C@H](C[Si](C)(c3ccccc3)c3ccccc3)[C@@H]3CCCN32)(c2ccccc2)c2ccc(OC)cc2)cc1. The van der Waals surface area contributed by atoms with Gasteiger partial charge in [0, 0.05) is 31.4 Å². The van der Waals surface area contributed by atoms with Crippen LogP contribution in [0.3, 0.4) is 0 Å². The molecule has 3 fully saturated rings. The molecule has 3 saturated heterocycles. The number of methoxy groups -OCH3 is 2. The molecule has 9 rings (SSSR count). The number of fused-ring (bicyclic) bond motifs is 1. The molecule has 6 atom stereocenters. The summed E-state index contributed by atoms with van der Waals surface area (Å²) in [5.41, 5.74) is 1.50. The highest BCUT2D eigenvalue weighted by Crippen LogP contribution is 2.59. The molecule has 0 radical (unpaired) electrons. The van der Waals surface area contributed by atoms with Crippen LogP contribution >= 0.6 is 8.53 Å². The van der Waals surface area contributed by atoms with Crippen LogP contribution in [-0.4, -0.2) is 74.0 Å². The van der Waals surface area contributed by atoms with E-state index in [9.17, 15) is 4.79 Å². The molecule has 0 saturated carbocycles. The number of hydrogen-bond donors (Lipinski definition) is 1. The fourth-order valence-corrected chi connectivity index (χ4v) is 15.3. The smallest absolute Gasteiger partial charge is 0.327 e. The molecule has 10 nitrogen and oxygen atoms in total. The van der Waals surface area contributed by atoms with E-state index in [0.29, 0.717) is 6.42 Å². The van der Waals surface area contributed by atoms with Crippen LogP contribution in [0.5, 0.6) is 11.5 Å². The molecule has 3 aliphatic rings. The first-order valence-electron chi connectivity index (χ1n) is 20.8. The Morgan fingerprint density at radius 3 is 1.88 bits per heavy atom. The van der Waals surface area contributed by atoms with Crippen LogP contribution < -0.4 is 25.5 Å². The maximum atomic E-state index is 13.0. The number of rotatable bonds is 15. The van der Waals surface area contributed by atoms with Gasteiger partial charge in [0.2, 0.25) is 0 Å². The van der Waals surface area contributed by atoms with Crippen molar-refractivity contribution < 1.29 is 28.0 Å². The summed E-state index contributed by atoms with van der Waals surface area (Å²) in [6.45, 7) is 3.56. The Balaban J connectivity index is 1.04. The topological polar surface area (TPSA) is 96.4 Å². The molecule has 0 aliphatic carbocycles. The summed E-state index contributed by atoms with van der Waals surface area (Å²) in [6, 6.07) is 49.4. The van der Waals surface area contributed by atoms with E-state index in [1.54, 1.807) is 31.2 Å². The standard InChI is InChI=1S/C48H52N3O7PSi/c1-53-38-25-21-36(22-26-38)48(35-14-7-4-8-15-35,37-23-27-39(54-2)28-24-37)55-33-44-43(32-46(56-44)50-31-29-49-47(50)52)57-59-51-30-13-20-42(51)45(58-59)34-60(3,40-16-9-5-10-17-40)41-18-11-6-12-19-41/h4-12,14-19,21-29,31,42-46H,13,20,30,32-34H2,1-3H3,(H,49,52)/t42-,43-,44+,45+,46+,59+/m0/s1. The average molecular weight is 842 g/mol. The van der Waals surface area contributed by atoms with Gasteiger partial charge in [-0.1, -0.05) is 132 Å². The zero-order valence-electron chi connectivity index (χ0n) is 34.3. The maximum absolute atomic E-state index is 13.0. The molecule has 0 bridgehead atoms. The molecule has 6 aromatic rings. The number of ether oxygens (including phenoxy) is 4. The van der Waals surface area contributed by atoms with Gasteiger partial charge in [0.05, 0.1) is 33.0 Å². The van der Waals surface area contributed by atoms with E-state index in [2.05, 4.69) is 89.0 Å². The van der Waals surface area contributed by atoms with Gasteiger partial charge in [0.25, 0.3) is 8.53 Å². The molecule has 12 heteroatoms. The van der Waals surface area contributed by atoms with E-state index in [4.69, 9.17) is 28.0 Å². The number of nitrogens with one attached hydrogen (secondary N) is 1. The highest BCUT2D eigenvalue weighted by Gasteiger charge is 2.52. The Morgan fingerprint density at radius 2 is 1.33 bits per heavy atom. The van der Waals surface area contributed by atoms with Crippen molar-refractivity contribution in [1.29, 1.82) is 0 Å². The number of hydrogen-bond acceptors (Lipinski definition) is 8. The summed E-state index contributed by atoms with van der Waals surface area (Å²) in [6.07, 6.45) is 4.52. The van der Waals surface area contributed by atoms with Crippen LogP contribution in [-0.2, 0) is 24.1 Å². The van der Waals surface area contributed by atoms with E-state index < -0.39 is 40.6 Å². The minimum atomic E-state index is -2.21. The second-order valence-corrected chi connectivity index (χ2v) is 21.7. The number of nitrogens with zero attached hydrogens (tertiary/aromatic N) is 2. The van der Waals surface area contributed by atoms with Crippen LogP contribution in [0.2, 0.25) is 12.6 Å². The predicted octanol–water partition coefficient (Wildman–Crippen LogP) is 7.86. The van der Waals surface area contributed by atoms with E-state index in [1.807, 2.05) is 66.7 Å². The fourth-order valence-electron chi connectivity index (χ4n) is 9.37. The van der Waals surface area contributed by atoms with Crippen molar-refractivity contribution in [2.75, 3.05) is 27.4 Å². The Kier molecular flexibility index (Phi) is 11.9. The van der Waals surface area contributed by atoms with Crippen molar-refractivity contribution in [3.63, 3.8) is 0 Å². The molecule has 1 N–H and O–H groups in total. The Morgan fingerprint density at radius 1 is 0.767 bits per heavy atom. The van der Waals surface area contributed by atoms with Crippen LogP contribution in [0.1, 0.15) is 42.2 Å². The monoisotopic (exact) mass is 841 g/mol. The summed E-state index contributed by atoms with van der Waals surface area (Å²) in [5.74, 6) is 1.49. The quantitative estimate of drug-likeness (QED) is 0.0635. The lowest BCUT2D eigenvalue weighted by Crippen LogP contribution is -2.58.